The second-order valence-corrected chi connectivity index (χ2v) is 4.54. The van der Waals surface area contributed by atoms with Gasteiger partial charge in [-0.3, -0.25) is 4.79 Å². The van der Waals surface area contributed by atoms with Gasteiger partial charge in [0.05, 0.1) is 11.6 Å². The zero-order valence-electron chi connectivity index (χ0n) is 9.21. The van der Waals surface area contributed by atoms with Crippen LogP contribution in [0.25, 0.3) is 0 Å². The van der Waals surface area contributed by atoms with Crippen LogP contribution in [0.2, 0.25) is 0 Å². The molecule has 0 aliphatic heterocycles. The van der Waals surface area contributed by atoms with E-state index in [1.54, 1.807) is 14.0 Å². The van der Waals surface area contributed by atoms with Gasteiger partial charge in [0.1, 0.15) is 11.5 Å². The predicted octanol–water partition coefficient (Wildman–Crippen LogP) is 3.23. The molecule has 0 bridgehead atoms. The molecule has 1 aromatic carbocycles. The molecule has 0 fully saturated rings. The van der Waals surface area contributed by atoms with Crippen molar-refractivity contribution in [2.45, 2.75) is 20.3 Å². The van der Waals surface area contributed by atoms with Crippen molar-refractivity contribution in [2.75, 3.05) is 7.11 Å². The summed E-state index contributed by atoms with van der Waals surface area (Å²) in [6.45, 7) is 3.57. The van der Waals surface area contributed by atoms with Crippen LogP contribution in [0.5, 0.6) is 5.75 Å². The lowest BCUT2D eigenvalue weighted by Crippen LogP contribution is -2.09. The summed E-state index contributed by atoms with van der Waals surface area (Å²) in [5, 5.41) is 0. The standard InChI is InChI=1S/C12H15BrO2/c1-8(9(2)14)6-10-4-5-12(15-3)11(13)7-10/h4-5,7-8H,6H2,1-3H3. The SMILES string of the molecule is COc1ccc(CC(C)C(C)=O)cc1Br. The van der Waals surface area contributed by atoms with Crippen LogP contribution in [-0.2, 0) is 11.2 Å². The van der Waals surface area contributed by atoms with Gasteiger partial charge in [-0.1, -0.05) is 13.0 Å². The topological polar surface area (TPSA) is 26.3 Å². The minimum atomic E-state index is 0.0743. The van der Waals surface area contributed by atoms with Crippen LogP contribution in [0.4, 0.5) is 0 Å². The number of ether oxygens (including phenoxy) is 1. The molecule has 0 aliphatic rings. The number of rotatable bonds is 4. The monoisotopic (exact) mass is 270 g/mol. The van der Waals surface area contributed by atoms with Gasteiger partial charge in [-0.15, -0.1) is 0 Å². The number of Topliss-reactive ketones (excluding diaryl/α,β-unsaturated/α-hetero) is 1. The van der Waals surface area contributed by atoms with Gasteiger partial charge in [0, 0.05) is 5.92 Å². The van der Waals surface area contributed by atoms with Crippen LogP contribution in [0, 0.1) is 5.92 Å². The van der Waals surface area contributed by atoms with Crippen molar-refractivity contribution < 1.29 is 9.53 Å². The molecule has 1 unspecified atom stereocenters. The Labute approximate surface area is 98.8 Å². The number of carbonyl (C=O) groups excluding carboxylic acids is 1. The summed E-state index contributed by atoms with van der Waals surface area (Å²) < 4.78 is 6.07. The number of benzene rings is 1. The molecule has 0 saturated heterocycles. The Morgan fingerprint density at radius 3 is 2.67 bits per heavy atom. The van der Waals surface area contributed by atoms with Crippen molar-refractivity contribution in [1.82, 2.24) is 0 Å². The molecule has 0 N–H and O–H groups in total. The van der Waals surface area contributed by atoms with E-state index in [1.807, 2.05) is 25.1 Å². The predicted molar refractivity (Wildman–Crippen MR) is 64.2 cm³/mol. The maximum atomic E-state index is 11.1. The number of hydrogen-bond donors (Lipinski definition) is 0. The van der Waals surface area contributed by atoms with E-state index in [9.17, 15) is 4.79 Å². The molecule has 0 aliphatic carbocycles. The van der Waals surface area contributed by atoms with E-state index >= 15 is 0 Å². The summed E-state index contributed by atoms with van der Waals surface area (Å²) in [6.07, 6.45) is 0.776. The van der Waals surface area contributed by atoms with E-state index < -0.39 is 0 Å². The van der Waals surface area contributed by atoms with Gasteiger partial charge in [-0.2, -0.15) is 0 Å². The third kappa shape index (κ3) is 3.34. The smallest absolute Gasteiger partial charge is 0.133 e. The first-order chi connectivity index (χ1) is 7.04. The third-order valence-electron chi connectivity index (χ3n) is 2.45. The van der Waals surface area contributed by atoms with Crippen molar-refractivity contribution in [3.63, 3.8) is 0 Å². The molecule has 3 heteroatoms. The molecule has 15 heavy (non-hydrogen) atoms. The van der Waals surface area contributed by atoms with Crippen molar-refractivity contribution in [2.24, 2.45) is 5.92 Å². The number of halogens is 1. The average Bonchev–Trinajstić information content (AvgIpc) is 2.18. The van der Waals surface area contributed by atoms with Gasteiger partial charge in [0.25, 0.3) is 0 Å². The Balaban J connectivity index is 2.79. The molecule has 0 heterocycles. The molecular weight excluding hydrogens is 256 g/mol. The second-order valence-electron chi connectivity index (χ2n) is 3.68. The van der Waals surface area contributed by atoms with Crippen LogP contribution in [0.3, 0.4) is 0 Å². The molecule has 82 valence electrons. The maximum Gasteiger partial charge on any atom is 0.133 e. The summed E-state index contributed by atoms with van der Waals surface area (Å²) in [6, 6.07) is 5.90. The fourth-order valence-corrected chi connectivity index (χ4v) is 1.92. The molecule has 1 atom stereocenters. The minimum absolute atomic E-state index is 0.0743. The van der Waals surface area contributed by atoms with Crippen LogP contribution < -0.4 is 4.74 Å². The zero-order chi connectivity index (χ0) is 11.4. The number of hydrogen-bond acceptors (Lipinski definition) is 2. The Bertz CT molecular complexity index is 361. The first-order valence-corrected chi connectivity index (χ1v) is 5.66. The van der Waals surface area contributed by atoms with Gasteiger partial charge in [-0.25, -0.2) is 0 Å². The second kappa shape index (κ2) is 5.31. The number of ketones is 1. The van der Waals surface area contributed by atoms with Crippen molar-refractivity contribution in [3.8, 4) is 5.75 Å². The zero-order valence-corrected chi connectivity index (χ0v) is 10.8. The van der Waals surface area contributed by atoms with E-state index in [2.05, 4.69) is 15.9 Å². The van der Waals surface area contributed by atoms with Crippen LogP contribution >= 0.6 is 15.9 Å². The van der Waals surface area contributed by atoms with Crippen LogP contribution in [0.15, 0.2) is 22.7 Å². The molecular formula is C12H15BrO2. The largest absolute Gasteiger partial charge is 0.496 e. The highest BCUT2D eigenvalue weighted by molar-refractivity contribution is 9.10. The lowest BCUT2D eigenvalue weighted by molar-refractivity contribution is -0.120. The van der Waals surface area contributed by atoms with Gasteiger partial charge in [0.15, 0.2) is 0 Å². The van der Waals surface area contributed by atoms with Crippen LogP contribution in [-0.4, -0.2) is 12.9 Å². The fourth-order valence-electron chi connectivity index (χ4n) is 1.33. The Kier molecular flexibility index (Phi) is 4.33. The molecule has 0 saturated carbocycles. The van der Waals surface area contributed by atoms with E-state index in [4.69, 9.17) is 4.74 Å². The molecule has 1 aromatic rings. The van der Waals surface area contributed by atoms with Crippen molar-refractivity contribution in [1.29, 1.82) is 0 Å². The summed E-state index contributed by atoms with van der Waals surface area (Å²) in [4.78, 5) is 11.1. The molecule has 0 radical (unpaired) electrons. The lowest BCUT2D eigenvalue weighted by Gasteiger charge is -2.09. The first-order valence-electron chi connectivity index (χ1n) is 4.87. The molecule has 0 amide bonds. The molecule has 2 nitrogen and oxygen atoms in total. The van der Waals surface area contributed by atoms with Gasteiger partial charge >= 0.3 is 0 Å². The third-order valence-corrected chi connectivity index (χ3v) is 3.07. The minimum Gasteiger partial charge on any atom is -0.496 e. The highest BCUT2D eigenvalue weighted by Crippen LogP contribution is 2.26. The maximum absolute atomic E-state index is 11.1. The van der Waals surface area contributed by atoms with E-state index in [0.29, 0.717) is 0 Å². The molecule has 0 spiro atoms. The lowest BCUT2D eigenvalue weighted by atomic mass is 9.98. The van der Waals surface area contributed by atoms with Crippen LogP contribution in [0.1, 0.15) is 19.4 Å². The van der Waals surface area contributed by atoms with Gasteiger partial charge in [0.2, 0.25) is 0 Å². The van der Waals surface area contributed by atoms with Gasteiger partial charge in [-0.05, 0) is 47.0 Å². The van der Waals surface area contributed by atoms with Gasteiger partial charge < -0.3 is 4.74 Å². The molecule has 0 aromatic heterocycles. The first kappa shape index (κ1) is 12.2. The van der Waals surface area contributed by atoms with E-state index in [1.165, 1.54) is 0 Å². The van der Waals surface area contributed by atoms with Crippen molar-refractivity contribution in [3.05, 3.63) is 28.2 Å². The highest BCUT2D eigenvalue weighted by Gasteiger charge is 2.09. The number of methoxy groups -OCH3 is 1. The highest BCUT2D eigenvalue weighted by atomic mass is 79.9. The summed E-state index contributed by atoms with van der Waals surface area (Å²) in [5.74, 6) is 1.11. The summed E-state index contributed by atoms with van der Waals surface area (Å²) >= 11 is 3.42. The average molecular weight is 271 g/mol. The Morgan fingerprint density at radius 1 is 1.53 bits per heavy atom. The summed E-state index contributed by atoms with van der Waals surface area (Å²) in [7, 11) is 1.64. The van der Waals surface area contributed by atoms with E-state index in [-0.39, 0.29) is 11.7 Å². The summed E-state index contributed by atoms with van der Waals surface area (Å²) in [5.41, 5.74) is 1.14. The molecule has 1 rings (SSSR count). The fraction of sp³-hybridized carbons (Fsp3) is 0.417. The van der Waals surface area contributed by atoms with Crippen molar-refractivity contribution >= 4 is 21.7 Å². The quantitative estimate of drug-likeness (QED) is 0.840. The van der Waals surface area contributed by atoms with E-state index in [0.717, 1.165) is 22.2 Å². The number of carbonyl (C=O) groups is 1. The normalized spacial score (nSPS) is 12.3. The Morgan fingerprint density at radius 2 is 2.20 bits per heavy atom. The Hall–Kier alpha value is -0.830.